The van der Waals surface area contributed by atoms with Gasteiger partial charge >= 0.3 is 19.5 Å². The topological polar surface area (TPSA) is 20.3 Å². The van der Waals surface area contributed by atoms with E-state index >= 15 is 0 Å². The minimum atomic E-state index is 0. The summed E-state index contributed by atoms with van der Waals surface area (Å²) in [6, 6.07) is 0. The minimum Gasteiger partial charge on any atom is -1.00 e. The van der Waals surface area contributed by atoms with Gasteiger partial charge in [0.25, 0.3) is 0 Å². The molecule has 10 heavy (non-hydrogen) atoms. The molecule has 0 aliphatic carbocycles. The Hall–Kier alpha value is 0.673. The molecule has 0 N–H and O–H groups in total. The van der Waals surface area contributed by atoms with Gasteiger partial charge in [-0.05, 0) is 6.42 Å². The Morgan fingerprint density at radius 2 is 1.90 bits per heavy atom. The normalized spacial score (nSPS) is 14.9. The van der Waals surface area contributed by atoms with Crippen molar-refractivity contribution in [2.75, 3.05) is 13.6 Å². The molecule has 56 valence electrons. The van der Waals surface area contributed by atoms with E-state index in [1.165, 1.54) is 0 Å². The van der Waals surface area contributed by atoms with Crippen LogP contribution in [0.1, 0.15) is 12.8 Å². The molecule has 1 heterocycles. The molecule has 1 fully saturated rings. The second-order valence-corrected chi connectivity index (χ2v) is 1.92. The molecule has 0 unspecified atom stereocenters. The van der Waals surface area contributed by atoms with Gasteiger partial charge in [-0.15, -0.1) is 0 Å². The summed E-state index contributed by atoms with van der Waals surface area (Å²) in [6.07, 6.45) is 1.81. The maximum Gasteiger partial charge on any atom is 2.00 e. The van der Waals surface area contributed by atoms with Gasteiger partial charge in [-0.1, -0.05) is 0 Å². The van der Waals surface area contributed by atoms with E-state index in [0.717, 1.165) is 19.4 Å². The van der Waals surface area contributed by atoms with E-state index in [4.69, 9.17) is 0 Å². The van der Waals surface area contributed by atoms with Crippen molar-refractivity contribution < 1.29 is 49.1 Å². The summed E-state index contributed by atoms with van der Waals surface area (Å²) >= 11 is 0. The van der Waals surface area contributed by atoms with Gasteiger partial charge < -0.3 is 29.7 Å². The van der Waals surface area contributed by atoms with Crippen molar-refractivity contribution in [3.8, 4) is 0 Å². The van der Waals surface area contributed by atoms with E-state index in [9.17, 15) is 4.79 Å². The predicted molar refractivity (Wildman–Crippen MR) is 26.9 cm³/mol. The summed E-state index contributed by atoms with van der Waals surface area (Å²) in [5.74, 6) is 0.292. The van der Waals surface area contributed by atoms with Gasteiger partial charge in [0.15, 0.2) is 0 Å². The van der Waals surface area contributed by atoms with Crippen LogP contribution in [0, 0.1) is 0 Å². The molecule has 1 rings (SSSR count). The number of hydrogen-bond donors (Lipinski definition) is 0. The minimum absolute atomic E-state index is 0. The average molecular weight is 235 g/mol. The van der Waals surface area contributed by atoms with Crippen LogP contribution in [-0.2, 0) is 24.3 Å². The molecular formula is C5H9Cl2NOZn. The number of likely N-dealkylation sites (tertiary alicyclic amines) is 1. The largest absolute Gasteiger partial charge is 2.00 e. The molecule has 5 heteroatoms. The van der Waals surface area contributed by atoms with Crippen molar-refractivity contribution in [2.45, 2.75) is 12.8 Å². The summed E-state index contributed by atoms with van der Waals surface area (Å²) in [6.45, 7) is 0.957. The summed E-state index contributed by atoms with van der Waals surface area (Å²) < 4.78 is 0. The Morgan fingerprint density at radius 1 is 1.40 bits per heavy atom. The Labute approximate surface area is 86.3 Å². The van der Waals surface area contributed by atoms with Gasteiger partial charge in [0.05, 0.1) is 0 Å². The van der Waals surface area contributed by atoms with Gasteiger partial charge in [-0.25, -0.2) is 0 Å². The van der Waals surface area contributed by atoms with Gasteiger partial charge in [0.2, 0.25) is 5.91 Å². The van der Waals surface area contributed by atoms with E-state index in [2.05, 4.69) is 0 Å². The van der Waals surface area contributed by atoms with Crippen LogP contribution in [0.2, 0.25) is 0 Å². The molecular weight excluding hydrogens is 226 g/mol. The van der Waals surface area contributed by atoms with Gasteiger partial charge in [-0.2, -0.15) is 0 Å². The van der Waals surface area contributed by atoms with Gasteiger partial charge in [0, 0.05) is 20.0 Å². The fraction of sp³-hybridized carbons (Fsp3) is 0.800. The molecule has 0 spiro atoms. The third-order valence-electron chi connectivity index (χ3n) is 1.31. The molecule has 0 aromatic carbocycles. The van der Waals surface area contributed by atoms with E-state index in [0.29, 0.717) is 5.91 Å². The summed E-state index contributed by atoms with van der Waals surface area (Å²) in [5.41, 5.74) is 0. The van der Waals surface area contributed by atoms with Crippen LogP contribution in [0.4, 0.5) is 0 Å². The number of nitrogens with zero attached hydrogens (tertiary/aromatic N) is 1. The number of carbonyl (C=O) groups excluding carboxylic acids is 1. The second kappa shape index (κ2) is 7.78. The number of amides is 1. The number of rotatable bonds is 0. The molecule has 0 aromatic rings. The zero-order chi connectivity index (χ0) is 5.28. The Morgan fingerprint density at radius 3 is 2.00 bits per heavy atom. The Kier molecular flexibility index (Phi) is 13.2. The molecule has 0 bridgehead atoms. The first-order valence-corrected chi connectivity index (χ1v) is 2.54. The van der Waals surface area contributed by atoms with Crippen molar-refractivity contribution in [1.29, 1.82) is 0 Å². The fourth-order valence-corrected chi connectivity index (χ4v) is 0.783. The number of carbonyl (C=O) groups is 1. The predicted octanol–water partition coefficient (Wildman–Crippen LogP) is -5.76. The molecule has 0 aromatic heterocycles. The average Bonchev–Trinajstić information content (AvgIpc) is 1.91. The van der Waals surface area contributed by atoms with E-state index in [1.807, 2.05) is 7.05 Å². The maximum absolute atomic E-state index is 10.5. The molecule has 1 aliphatic heterocycles. The van der Waals surface area contributed by atoms with Crippen molar-refractivity contribution in [2.24, 2.45) is 0 Å². The van der Waals surface area contributed by atoms with Crippen molar-refractivity contribution in [1.82, 2.24) is 4.90 Å². The van der Waals surface area contributed by atoms with Crippen LogP contribution in [0.25, 0.3) is 0 Å². The number of halogens is 2. The fourth-order valence-electron chi connectivity index (χ4n) is 0.783. The molecule has 0 saturated carbocycles. The smallest absolute Gasteiger partial charge is 1.00 e. The maximum atomic E-state index is 10.5. The van der Waals surface area contributed by atoms with Crippen LogP contribution >= 0.6 is 0 Å². The molecule has 1 amide bonds. The molecule has 0 atom stereocenters. The van der Waals surface area contributed by atoms with Crippen molar-refractivity contribution in [3.05, 3.63) is 0 Å². The third kappa shape index (κ3) is 4.48. The zero-order valence-corrected chi connectivity index (χ0v) is 10.4. The number of hydrogen-bond acceptors (Lipinski definition) is 1. The summed E-state index contributed by atoms with van der Waals surface area (Å²) in [4.78, 5) is 12.3. The molecule has 0 radical (unpaired) electrons. The van der Waals surface area contributed by atoms with Crippen molar-refractivity contribution >= 4 is 5.91 Å². The van der Waals surface area contributed by atoms with Crippen LogP contribution < -0.4 is 24.8 Å². The van der Waals surface area contributed by atoms with Crippen LogP contribution in [0.15, 0.2) is 0 Å². The Bertz CT molecular complexity index is 102. The zero-order valence-electron chi connectivity index (χ0n) is 5.94. The third-order valence-corrected chi connectivity index (χ3v) is 1.31. The van der Waals surface area contributed by atoms with E-state index in [1.54, 1.807) is 4.90 Å². The molecule has 2 nitrogen and oxygen atoms in total. The summed E-state index contributed by atoms with van der Waals surface area (Å²) in [7, 11) is 1.84. The van der Waals surface area contributed by atoms with E-state index < -0.39 is 0 Å². The first kappa shape index (κ1) is 17.0. The SMILES string of the molecule is CN1CCCC1=O.[Cl-].[Cl-].[Zn+2]. The van der Waals surface area contributed by atoms with Crippen molar-refractivity contribution in [3.63, 3.8) is 0 Å². The second-order valence-electron chi connectivity index (χ2n) is 1.92. The van der Waals surface area contributed by atoms with Crippen LogP contribution in [0.3, 0.4) is 0 Å². The molecule has 1 saturated heterocycles. The first-order valence-electron chi connectivity index (χ1n) is 2.54. The standard InChI is InChI=1S/C5H9NO.2ClH.Zn/c1-6-4-2-3-5(6)7;;;/h2-4H2,1H3;2*1H;/q;;;+2/p-2. The van der Waals surface area contributed by atoms with Gasteiger partial charge in [0.1, 0.15) is 0 Å². The van der Waals surface area contributed by atoms with Crippen LogP contribution in [0.5, 0.6) is 0 Å². The van der Waals surface area contributed by atoms with E-state index in [-0.39, 0.29) is 44.3 Å². The Balaban J connectivity index is -0.000000163. The first-order chi connectivity index (χ1) is 3.30. The van der Waals surface area contributed by atoms with Crippen LogP contribution in [-0.4, -0.2) is 24.4 Å². The summed E-state index contributed by atoms with van der Waals surface area (Å²) in [5, 5.41) is 0. The van der Waals surface area contributed by atoms with Gasteiger partial charge in [-0.3, -0.25) is 4.79 Å². The molecule has 1 aliphatic rings. The monoisotopic (exact) mass is 233 g/mol. The quantitative estimate of drug-likeness (QED) is 0.383.